The highest BCUT2D eigenvalue weighted by molar-refractivity contribution is 6.74. The van der Waals surface area contributed by atoms with Gasteiger partial charge in [0, 0.05) is 13.1 Å². The fourth-order valence-electron chi connectivity index (χ4n) is 3.92. The molecule has 1 saturated heterocycles. The van der Waals surface area contributed by atoms with Crippen molar-refractivity contribution in [3.05, 3.63) is 58.6 Å². The fourth-order valence-corrected chi connectivity index (χ4v) is 5.24. The van der Waals surface area contributed by atoms with Crippen LogP contribution in [0, 0.1) is 0 Å². The maximum absolute atomic E-state index is 13.4. The van der Waals surface area contributed by atoms with Crippen molar-refractivity contribution in [3.8, 4) is 0 Å². The molecule has 38 heavy (non-hydrogen) atoms. The second-order valence-corrected chi connectivity index (χ2v) is 15.6. The minimum Gasteiger partial charge on any atom is -0.467 e. The molecule has 0 saturated carbocycles. The number of nitrogens with zero attached hydrogens (tertiary/aromatic N) is 2. The molecule has 2 aromatic rings. The Morgan fingerprint density at radius 2 is 1.87 bits per heavy atom. The number of amides is 1. The summed E-state index contributed by atoms with van der Waals surface area (Å²) in [5.74, 6) is -1.15. The molecule has 0 bridgehead atoms. The van der Waals surface area contributed by atoms with Gasteiger partial charge in [0.15, 0.2) is 14.5 Å². The number of anilines is 1. The monoisotopic (exact) mass is 547 g/mol. The molecule has 11 nitrogen and oxygen atoms in total. The van der Waals surface area contributed by atoms with Crippen LogP contribution in [0.3, 0.4) is 0 Å². The van der Waals surface area contributed by atoms with Crippen LogP contribution in [0.4, 0.5) is 5.82 Å². The van der Waals surface area contributed by atoms with Crippen LogP contribution in [0.5, 0.6) is 0 Å². The van der Waals surface area contributed by atoms with Gasteiger partial charge < -0.3 is 29.1 Å². The summed E-state index contributed by atoms with van der Waals surface area (Å²) in [6.45, 7) is 11.2. The highest BCUT2D eigenvalue weighted by Crippen LogP contribution is 2.45. The van der Waals surface area contributed by atoms with Gasteiger partial charge >= 0.3 is 11.7 Å². The Morgan fingerprint density at radius 1 is 1.21 bits per heavy atom. The molecule has 1 aliphatic rings. The van der Waals surface area contributed by atoms with Crippen molar-refractivity contribution in [2.24, 2.45) is 0 Å². The number of aliphatic hydroxyl groups excluding tert-OH is 1. The molecule has 1 amide bonds. The number of benzene rings is 1. The molecule has 1 aromatic carbocycles. The molecule has 12 heteroatoms. The highest BCUT2D eigenvalue weighted by atomic mass is 28.4. The summed E-state index contributed by atoms with van der Waals surface area (Å²) >= 11 is 0. The number of hydrogen-bond donors (Lipinski definition) is 2. The van der Waals surface area contributed by atoms with Gasteiger partial charge in [0.1, 0.15) is 18.0 Å². The molecular formula is C26H37N3O8Si. The standard InChI is InChI=1S/C26H37N3O8Si/c1-17(30)27-19-13-14-29(24(33)28-19)22-20(31)21(37-38(6,7)25(2,3)4)26(36-22,23(32)34-5)16-35-15-18-11-9-8-10-12-18/h8-14,20-22,31H,15-16H2,1-7H3,(H,27,28,30,33)/t20-,21+,22-,26-/m1/s1. The van der Waals surface area contributed by atoms with Gasteiger partial charge in [-0.1, -0.05) is 51.1 Å². The fraction of sp³-hybridized carbons (Fsp3) is 0.538. The van der Waals surface area contributed by atoms with Crippen LogP contribution in [-0.4, -0.2) is 66.4 Å². The molecule has 2 N–H and O–H groups in total. The lowest BCUT2D eigenvalue weighted by Gasteiger charge is -2.42. The van der Waals surface area contributed by atoms with Crippen LogP contribution in [-0.2, 0) is 34.8 Å². The van der Waals surface area contributed by atoms with Gasteiger partial charge in [-0.05, 0) is 29.8 Å². The first-order valence-corrected chi connectivity index (χ1v) is 15.2. The summed E-state index contributed by atoms with van der Waals surface area (Å²) in [5.41, 5.74) is -1.80. The van der Waals surface area contributed by atoms with Crippen molar-refractivity contribution >= 4 is 26.0 Å². The first-order chi connectivity index (χ1) is 17.7. The average Bonchev–Trinajstić information content (AvgIpc) is 3.10. The van der Waals surface area contributed by atoms with Crippen molar-refractivity contribution in [2.45, 2.75) is 76.5 Å². The Kier molecular flexibility index (Phi) is 8.94. The number of aromatic nitrogens is 2. The van der Waals surface area contributed by atoms with E-state index < -0.39 is 49.9 Å². The van der Waals surface area contributed by atoms with E-state index in [0.29, 0.717) is 0 Å². The zero-order valence-electron chi connectivity index (χ0n) is 22.9. The number of rotatable bonds is 9. The zero-order valence-corrected chi connectivity index (χ0v) is 23.9. The van der Waals surface area contributed by atoms with Crippen LogP contribution in [0.25, 0.3) is 0 Å². The largest absolute Gasteiger partial charge is 0.467 e. The number of hydrogen-bond acceptors (Lipinski definition) is 9. The molecule has 0 spiro atoms. The minimum atomic E-state index is -2.59. The first-order valence-electron chi connectivity index (χ1n) is 12.3. The topological polar surface area (TPSA) is 138 Å². The summed E-state index contributed by atoms with van der Waals surface area (Å²) in [5, 5.41) is 13.7. The van der Waals surface area contributed by atoms with Gasteiger partial charge in [0.05, 0.1) is 20.3 Å². The van der Waals surface area contributed by atoms with Crippen molar-refractivity contribution in [2.75, 3.05) is 19.0 Å². The van der Waals surface area contributed by atoms with Gasteiger partial charge in [-0.3, -0.25) is 9.36 Å². The summed E-state index contributed by atoms with van der Waals surface area (Å²) < 4.78 is 24.9. The number of aliphatic hydroxyl groups is 1. The molecule has 0 radical (unpaired) electrons. The third-order valence-corrected chi connectivity index (χ3v) is 11.4. The summed E-state index contributed by atoms with van der Waals surface area (Å²) in [6, 6.07) is 10.8. The van der Waals surface area contributed by atoms with Crippen molar-refractivity contribution in [1.82, 2.24) is 9.55 Å². The van der Waals surface area contributed by atoms with E-state index in [1.165, 1.54) is 26.3 Å². The third-order valence-electron chi connectivity index (χ3n) is 6.99. The van der Waals surface area contributed by atoms with Gasteiger partial charge in [-0.25, -0.2) is 9.59 Å². The van der Waals surface area contributed by atoms with E-state index in [9.17, 15) is 19.5 Å². The summed E-state index contributed by atoms with van der Waals surface area (Å²) in [6.07, 6.45) is -2.67. The van der Waals surface area contributed by atoms with Crippen LogP contribution in [0.1, 0.15) is 39.5 Å². The number of ether oxygens (including phenoxy) is 3. The molecular weight excluding hydrogens is 510 g/mol. The lowest BCUT2D eigenvalue weighted by Crippen LogP contribution is -2.59. The van der Waals surface area contributed by atoms with E-state index in [-0.39, 0.29) is 24.1 Å². The smallest absolute Gasteiger partial charge is 0.351 e. The van der Waals surface area contributed by atoms with Crippen molar-refractivity contribution < 1.29 is 33.3 Å². The SMILES string of the molecule is COC(=O)[C@]1(COCc2ccccc2)O[C@@H](n2ccc(NC(C)=O)nc2=O)[C@H](O)[C@@H]1O[Si](C)(C)C(C)(C)C. The molecule has 1 aliphatic heterocycles. The molecule has 0 unspecified atom stereocenters. The molecule has 1 aromatic heterocycles. The lowest BCUT2D eigenvalue weighted by molar-refractivity contribution is -0.191. The van der Waals surface area contributed by atoms with E-state index >= 15 is 0 Å². The maximum atomic E-state index is 13.4. The Labute approximate surface area is 223 Å². The van der Waals surface area contributed by atoms with Crippen LogP contribution in [0.2, 0.25) is 18.1 Å². The van der Waals surface area contributed by atoms with Gasteiger partial charge in [-0.2, -0.15) is 4.98 Å². The normalized spacial score (nSPS) is 23.7. The molecule has 2 heterocycles. The van der Waals surface area contributed by atoms with Crippen molar-refractivity contribution in [3.63, 3.8) is 0 Å². The number of esters is 1. The average molecular weight is 548 g/mol. The number of methoxy groups -OCH3 is 1. The number of carbonyl (C=O) groups is 2. The van der Waals surface area contributed by atoms with Crippen LogP contribution >= 0.6 is 0 Å². The van der Waals surface area contributed by atoms with Crippen molar-refractivity contribution in [1.29, 1.82) is 0 Å². The number of nitrogens with one attached hydrogen (secondary N) is 1. The lowest BCUT2D eigenvalue weighted by atomic mass is 9.96. The van der Waals surface area contributed by atoms with Gasteiger partial charge in [0.25, 0.3) is 0 Å². The van der Waals surface area contributed by atoms with Gasteiger partial charge in [-0.15, -0.1) is 0 Å². The van der Waals surface area contributed by atoms with E-state index in [4.69, 9.17) is 18.6 Å². The minimum absolute atomic E-state index is 0.0470. The molecule has 208 valence electrons. The molecule has 4 atom stereocenters. The molecule has 1 fully saturated rings. The van der Waals surface area contributed by atoms with Gasteiger partial charge in [0.2, 0.25) is 11.5 Å². The predicted octanol–water partition coefficient (Wildman–Crippen LogP) is 2.61. The Hall–Kier alpha value is -2.90. The maximum Gasteiger partial charge on any atom is 0.351 e. The quantitative estimate of drug-likeness (QED) is 0.358. The Bertz CT molecular complexity index is 1200. The summed E-state index contributed by atoms with van der Waals surface area (Å²) in [7, 11) is -1.38. The molecule has 3 rings (SSSR count). The second-order valence-electron chi connectivity index (χ2n) is 10.8. The second kappa shape index (κ2) is 11.5. The van der Waals surface area contributed by atoms with E-state index in [2.05, 4.69) is 10.3 Å². The Balaban J connectivity index is 2.03. The number of carbonyl (C=O) groups excluding carboxylic acids is 2. The Morgan fingerprint density at radius 3 is 2.42 bits per heavy atom. The highest BCUT2D eigenvalue weighted by Gasteiger charge is 2.64. The third kappa shape index (κ3) is 6.21. The van der Waals surface area contributed by atoms with E-state index in [1.54, 1.807) is 0 Å². The van der Waals surface area contributed by atoms with Crippen LogP contribution in [0.15, 0.2) is 47.4 Å². The van der Waals surface area contributed by atoms with Crippen LogP contribution < -0.4 is 11.0 Å². The first kappa shape index (κ1) is 29.6. The van der Waals surface area contributed by atoms with E-state index in [0.717, 1.165) is 10.1 Å². The predicted molar refractivity (Wildman–Crippen MR) is 142 cm³/mol. The zero-order chi connectivity index (χ0) is 28.3. The summed E-state index contributed by atoms with van der Waals surface area (Å²) in [4.78, 5) is 41.5. The van der Waals surface area contributed by atoms with E-state index in [1.807, 2.05) is 64.2 Å². The molecule has 0 aliphatic carbocycles.